The second kappa shape index (κ2) is 9.35. The van der Waals surface area contributed by atoms with E-state index in [0.29, 0.717) is 12.1 Å². The van der Waals surface area contributed by atoms with E-state index in [9.17, 15) is 0 Å². The van der Waals surface area contributed by atoms with Crippen LogP contribution in [0.15, 0.2) is 36.8 Å². The summed E-state index contributed by atoms with van der Waals surface area (Å²) >= 11 is 0. The lowest BCUT2D eigenvalue weighted by Crippen LogP contribution is -2.26. The molecular weight excluding hydrogens is 360 g/mol. The predicted molar refractivity (Wildman–Crippen MR) is 117 cm³/mol. The molecule has 0 N–H and O–H groups in total. The minimum Gasteiger partial charge on any atom is -0.332 e. The molecule has 3 aromatic rings. The molecule has 0 saturated carbocycles. The van der Waals surface area contributed by atoms with Crippen molar-refractivity contribution in [3.05, 3.63) is 65.5 Å². The Balaban J connectivity index is 1.77. The van der Waals surface area contributed by atoms with Gasteiger partial charge in [-0.3, -0.25) is 9.88 Å². The second-order valence-corrected chi connectivity index (χ2v) is 8.34. The number of aromatic nitrogens is 5. The highest BCUT2D eigenvalue weighted by atomic mass is 15.2. The smallest absolute Gasteiger partial charge is 0.106 e. The van der Waals surface area contributed by atoms with E-state index < -0.39 is 0 Å². The summed E-state index contributed by atoms with van der Waals surface area (Å²) in [6.07, 6.45) is 7.15. The molecule has 3 rings (SSSR count). The number of imidazole rings is 2. The zero-order chi connectivity index (χ0) is 21.0. The Bertz CT molecular complexity index is 853. The predicted octanol–water partition coefficient (Wildman–Crippen LogP) is 4.50. The molecule has 0 fully saturated rings. The molecule has 6 nitrogen and oxygen atoms in total. The average Bonchev–Trinajstić information content (AvgIpc) is 3.23. The Morgan fingerprint density at radius 1 is 0.828 bits per heavy atom. The molecule has 0 unspecified atom stereocenters. The molecule has 0 aromatic carbocycles. The van der Waals surface area contributed by atoms with Gasteiger partial charge in [-0.25, -0.2) is 9.97 Å². The third kappa shape index (κ3) is 5.54. The van der Waals surface area contributed by atoms with Crippen LogP contribution in [0.1, 0.15) is 68.5 Å². The molecule has 29 heavy (non-hydrogen) atoms. The third-order valence-electron chi connectivity index (χ3n) is 5.23. The van der Waals surface area contributed by atoms with Crippen LogP contribution in [0.3, 0.4) is 0 Å². The first kappa shape index (κ1) is 21.2. The lowest BCUT2D eigenvalue weighted by molar-refractivity contribution is 0.253. The van der Waals surface area contributed by atoms with Crippen LogP contribution in [0.5, 0.6) is 0 Å². The Kier molecular flexibility index (Phi) is 6.85. The third-order valence-corrected chi connectivity index (χ3v) is 5.23. The van der Waals surface area contributed by atoms with Gasteiger partial charge in [0.1, 0.15) is 11.6 Å². The summed E-state index contributed by atoms with van der Waals surface area (Å²) in [6, 6.07) is 6.94. The van der Waals surface area contributed by atoms with Crippen molar-refractivity contribution in [2.45, 2.75) is 73.1 Å². The maximum atomic E-state index is 4.80. The summed E-state index contributed by atoms with van der Waals surface area (Å²) in [4.78, 5) is 16.5. The van der Waals surface area contributed by atoms with Gasteiger partial charge in [-0.2, -0.15) is 0 Å². The van der Waals surface area contributed by atoms with Crippen molar-refractivity contribution in [2.75, 3.05) is 6.54 Å². The lowest BCUT2D eigenvalue weighted by atomic mass is 10.2. The summed E-state index contributed by atoms with van der Waals surface area (Å²) in [6.45, 7) is 15.5. The molecule has 0 aliphatic carbocycles. The first-order valence-corrected chi connectivity index (χ1v) is 10.5. The molecule has 0 atom stereocenters. The average molecular weight is 395 g/mol. The monoisotopic (exact) mass is 394 g/mol. The minimum atomic E-state index is 0.419. The maximum absolute atomic E-state index is 4.80. The molecule has 0 saturated heterocycles. The van der Waals surface area contributed by atoms with E-state index in [-0.39, 0.29) is 0 Å². The largest absolute Gasteiger partial charge is 0.332 e. The summed E-state index contributed by atoms with van der Waals surface area (Å²) in [5, 5.41) is 0. The second-order valence-electron chi connectivity index (χ2n) is 8.34. The highest BCUT2D eigenvalue weighted by Crippen LogP contribution is 2.16. The first-order valence-electron chi connectivity index (χ1n) is 10.5. The van der Waals surface area contributed by atoms with Gasteiger partial charge in [0.25, 0.3) is 0 Å². The van der Waals surface area contributed by atoms with Crippen molar-refractivity contribution < 1.29 is 0 Å². The van der Waals surface area contributed by atoms with Gasteiger partial charge in [-0.1, -0.05) is 6.07 Å². The zero-order valence-corrected chi connectivity index (χ0v) is 18.6. The molecule has 0 bridgehead atoms. The van der Waals surface area contributed by atoms with Gasteiger partial charge in [0.05, 0.1) is 11.4 Å². The van der Waals surface area contributed by atoms with Crippen molar-refractivity contribution >= 4 is 0 Å². The zero-order valence-electron chi connectivity index (χ0n) is 18.6. The Morgan fingerprint density at radius 3 is 1.79 bits per heavy atom. The van der Waals surface area contributed by atoms with Gasteiger partial charge in [-0.15, -0.1) is 0 Å². The van der Waals surface area contributed by atoms with Crippen LogP contribution in [0, 0.1) is 13.8 Å². The minimum absolute atomic E-state index is 0.419. The summed E-state index contributed by atoms with van der Waals surface area (Å²) < 4.78 is 4.48. The molecule has 0 amide bonds. The number of aryl methyl sites for hydroxylation is 2. The molecule has 0 radical (unpaired) electrons. The number of pyridine rings is 1. The van der Waals surface area contributed by atoms with E-state index in [2.05, 4.69) is 79.0 Å². The molecule has 0 aliphatic rings. The van der Waals surface area contributed by atoms with E-state index in [1.165, 1.54) is 0 Å². The van der Waals surface area contributed by atoms with E-state index in [4.69, 9.17) is 9.97 Å². The van der Waals surface area contributed by atoms with Gasteiger partial charge in [0, 0.05) is 62.4 Å². The summed E-state index contributed by atoms with van der Waals surface area (Å²) in [7, 11) is 0. The van der Waals surface area contributed by atoms with Gasteiger partial charge in [0.15, 0.2) is 0 Å². The Morgan fingerprint density at radius 2 is 1.38 bits per heavy atom. The Hall–Kier alpha value is -2.47. The summed E-state index contributed by atoms with van der Waals surface area (Å²) in [5.41, 5.74) is 3.33. The van der Waals surface area contributed by atoms with Gasteiger partial charge < -0.3 is 9.13 Å². The molecule has 3 aromatic heterocycles. The SMILES string of the molecule is Cc1nc(CN(CCc2ccccn2)Cc2cn(C(C)C)c(C)n2)cn1C(C)C. The molecule has 0 spiro atoms. The fourth-order valence-electron chi connectivity index (χ4n) is 3.79. The molecule has 0 aliphatic heterocycles. The van der Waals surface area contributed by atoms with Crippen LogP contribution in [0.4, 0.5) is 0 Å². The Labute approximate surface area is 174 Å². The van der Waals surface area contributed by atoms with Crippen LogP contribution in [-0.2, 0) is 19.5 Å². The quantitative estimate of drug-likeness (QED) is 0.536. The number of rotatable bonds is 9. The number of hydrogen-bond donors (Lipinski definition) is 0. The van der Waals surface area contributed by atoms with E-state index in [0.717, 1.165) is 54.8 Å². The topological polar surface area (TPSA) is 51.8 Å². The summed E-state index contributed by atoms with van der Waals surface area (Å²) in [5.74, 6) is 2.14. The van der Waals surface area contributed by atoms with Crippen LogP contribution in [-0.4, -0.2) is 35.5 Å². The van der Waals surface area contributed by atoms with Crippen LogP contribution >= 0.6 is 0 Å². The van der Waals surface area contributed by atoms with Gasteiger partial charge >= 0.3 is 0 Å². The van der Waals surface area contributed by atoms with Crippen molar-refractivity contribution in [3.8, 4) is 0 Å². The van der Waals surface area contributed by atoms with Gasteiger partial charge in [-0.05, 0) is 53.7 Å². The molecule has 156 valence electrons. The number of hydrogen-bond acceptors (Lipinski definition) is 4. The number of nitrogens with zero attached hydrogens (tertiary/aromatic N) is 6. The fraction of sp³-hybridized carbons (Fsp3) is 0.522. The highest BCUT2D eigenvalue weighted by Gasteiger charge is 2.15. The van der Waals surface area contributed by atoms with Crippen LogP contribution < -0.4 is 0 Å². The highest BCUT2D eigenvalue weighted by molar-refractivity contribution is 5.08. The molecular formula is C23H34N6. The van der Waals surface area contributed by atoms with Crippen molar-refractivity contribution in [2.24, 2.45) is 0 Å². The van der Waals surface area contributed by atoms with Crippen LogP contribution in [0.2, 0.25) is 0 Å². The van der Waals surface area contributed by atoms with Crippen molar-refractivity contribution in [1.82, 2.24) is 29.0 Å². The normalized spacial score (nSPS) is 11.9. The first-order chi connectivity index (χ1) is 13.8. The molecule has 3 heterocycles. The van der Waals surface area contributed by atoms with Crippen LogP contribution in [0.25, 0.3) is 0 Å². The van der Waals surface area contributed by atoms with Gasteiger partial charge in [0.2, 0.25) is 0 Å². The van der Waals surface area contributed by atoms with E-state index in [1.807, 2.05) is 18.3 Å². The fourth-order valence-corrected chi connectivity index (χ4v) is 3.79. The van der Waals surface area contributed by atoms with Crippen molar-refractivity contribution in [1.29, 1.82) is 0 Å². The standard InChI is InChI=1S/C23H34N6/c1-17(2)28-15-22(25-19(28)5)13-27(12-10-21-9-7-8-11-24-21)14-23-16-29(18(3)4)20(6)26-23/h7-9,11,15-18H,10,12-14H2,1-6H3. The lowest BCUT2D eigenvalue weighted by Gasteiger charge is -2.20. The van der Waals surface area contributed by atoms with E-state index in [1.54, 1.807) is 0 Å². The maximum Gasteiger partial charge on any atom is 0.106 e. The van der Waals surface area contributed by atoms with Crippen molar-refractivity contribution in [3.63, 3.8) is 0 Å². The van der Waals surface area contributed by atoms with E-state index >= 15 is 0 Å². The molecule has 6 heteroatoms.